The third-order valence-electron chi connectivity index (χ3n) is 5.24. The quantitative estimate of drug-likeness (QED) is 0.669. The number of nitrogens with two attached hydrogens (primary N) is 1. The highest BCUT2D eigenvalue weighted by molar-refractivity contribution is 5.01. The predicted molar refractivity (Wildman–Crippen MR) is 67.2 cm³/mol. The largest absolute Gasteiger partial charge is 0.327 e. The summed E-state index contributed by atoms with van der Waals surface area (Å²) < 4.78 is 0. The number of nitrogens with one attached hydrogen (secondary N) is 1. The zero-order valence-electron chi connectivity index (χ0n) is 10.3. The molecule has 1 saturated carbocycles. The molecule has 0 amide bonds. The van der Waals surface area contributed by atoms with Crippen LogP contribution in [0.3, 0.4) is 0 Å². The van der Waals surface area contributed by atoms with Crippen molar-refractivity contribution in [3.63, 3.8) is 0 Å². The van der Waals surface area contributed by atoms with Crippen LogP contribution in [-0.2, 0) is 0 Å². The normalized spacial score (nSPS) is 45.6. The van der Waals surface area contributed by atoms with Crippen molar-refractivity contribution in [2.45, 2.75) is 75.9 Å². The molecule has 92 valence electrons. The minimum atomic E-state index is 0.488. The highest BCUT2D eigenvalue weighted by Crippen LogP contribution is 2.40. The Kier molecular flexibility index (Phi) is 3.21. The van der Waals surface area contributed by atoms with Gasteiger partial charge in [-0.15, -0.1) is 0 Å². The Morgan fingerprint density at radius 1 is 0.875 bits per heavy atom. The van der Waals surface area contributed by atoms with E-state index in [1.54, 1.807) is 0 Å². The van der Waals surface area contributed by atoms with E-state index in [4.69, 9.17) is 5.73 Å². The van der Waals surface area contributed by atoms with Gasteiger partial charge in [-0.2, -0.15) is 0 Å². The molecule has 4 atom stereocenters. The van der Waals surface area contributed by atoms with Gasteiger partial charge in [-0.1, -0.05) is 38.5 Å². The number of hydrogen-bond donors (Lipinski definition) is 2. The monoisotopic (exact) mass is 222 g/mol. The maximum absolute atomic E-state index is 6.44. The topological polar surface area (TPSA) is 38.0 Å². The Morgan fingerprint density at radius 3 is 2.38 bits per heavy atom. The second-order valence-electron chi connectivity index (χ2n) is 6.28. The first kappa shape index (κ1) is 11.0. The highest BCUT2D eigenvalue weighted by atomic mass is 15.0. The zero-order valence-corrected chi connectivity index (χ0v) is 10.3. The van der Waals surface area contributed by atoms with E-state index in [-0.39, 0.29) is 0 Å². The molecular weight excluding hydrogens is 196 g/mol. The van der Waals surface area contributed by atoms with E-state index in [1.165, 1.54) is 57.8 Å². The van der Waals surface area contributed by atoms with Gasteiger partial charge in [0.2, 0.25) is 0 Å². The maximum Gasteiger partial charge on any atom is 0.0116 e. The van der Waals surface area contributed by atoms with Gasteiger partial charge < -0.3 is 11.1 Å². The van der Waals surface area contributed by atoms with Crippen molar-refractivity contribution in [1.82, 2.24) is 5.32 Å². The SMILES string of the molecule is NC1CC2CCC(N2)C1C1CCCCCC1. The summed E-state index contributed by atoms with van der Waals surface area (Å²) in [4.78, 5) is 0. The Morgan fingerprint density at radius 2 is 1.62 bits per heavy atom. The van der Waals surface area contributed by atoms with Crippen LogP contribution in [0.4, 0.5) is 0 Å². The molecule has 2 saturated heterocycles. The molecule has 0 spiro atoms. The van der Waals surface area contributed by atoms with Gasteiger partial charge >= 0.3 is 0 Å². The molecule has 2 nitrogen and oxygen atoms in total. The van der Waals surface area contributed by atoms with E-state index in [1.807, 2.05) is 0 Å². The fourth-order valence-electron chi connectivity index (χ4n) is 4.50. The van der Waals surface area contributed by atoms with E-state index in [2.05, 4.69) is 5.32 Å². The van der Waals surface area contributed by atoms with Crippen molar-refractivity contribution in [3.8, 4) is 0 Å². The van der Waals surface area contributed by atoms with Crippen LogP contribution in [0, 0.1) is 11.8 Å². The van der Waals surface area contributed by atoms with Gasteiger partial charge in [-0.25, -0.2) is 0 Å². The molecule has 0 aromatic rings. The molecule has 3 aliphatic rings. The van der Waals surface area contributed by atoms with Crippen molar-refractivity contribution in [1.29, 1.82) is 0 Å². The Balaban J connectivity index is 1.70. The lowest BCUT2D eigenvalue weighted by Gasteiger charge is -2.40. The van der Waals surface area contributed by atoms with Crippen LogP contribution in [-0.4, -0.2) is 18.1 Å². The third-order valence-corrected chi connectivity index (χ3v) is 5.24. The van der Waals surface area contributed by atoms with E-state index in [0.29, 0.717) is 6.04 Å². The first-order valence-electron chi connectivity index (χ1n) is 7.36. The van der Waals surface area contributed by atoms with Crippen molar-refractivity contribution in [2.24, 2.45) is 17.6 Å². The predicted octanol–water partition coefficient (Wildman–Crippen LogP) is 2.42. The summed E-state index contributed by atoms with van der Waals surface area (Å²) in [5, 5.41) is 3.81. The van der Waals surface area contributed by atoms with Crippen LogP contribution in [0.15, 0.2) is 0 Å². The number of hydrogen-bond acceptors (Lipinski definition) is 2. The lowest BCUT2D eigenvalue weighted by molar-refractivity contribution is 0.161. The minimum Gasteiger partial charge on any atom is -0.327 e. The van der Waals surface area contributed by atoms with Crippen LogP contribution < -0.4 is 11.1 Å². The van der Waals surface area contributed by atoms with E-state index >= 15 is 0 Å². The van der Waals surface area contributed by atoms with E-state index in [9.17, 15) is 0 Å². The second kappa shape index (κ2) is 4.66. The van der Waals surface area contributed by atoms with Gasteiger partial charge in [0.1, 0.15) is 0 Å². The van der Waals surface area contributed by atoms with Crippen LogP contribution in [0.2, 0.25) is 0 Å². The van der Waals surface area contributed by atoms with Crippen molar-refractivity contribution in [3.05, 3.63) is 0 Å². The van der Waals surface area contributed by atoms with Gasteiger partial charge in [0.05, 0.1) is 0 Å². The molecule has 0 radical (unpaired) electrons. The molecule has 3 fully saturated rings. The smallest absolute Gasteiger partial charge is 0.0116 e. The van der Waals surface area contributed by atoms with Crippen LogP contribution in [0.1, 0.15) is 57.8 Å². The number of rotatable bonds is 1. The molecule has 2 aliphatic heterocycles. The Hall–Kier alpha value is -0.0800. The summed E-state index contributed by atoms with van der Waals surface area (Å²) in [7, 11) is 0. The second-order valence-corrected chi connectivity index (χ2v) is 6.28. The molecule has 16 heavy (non-hydrogen) atoms. The van der Waals surface area contributed by atoms with Gasteiger partial charge in [0, 0.05) is 18.1 Å². The minimum absolute atomic E-state index is 0.488. The molecule has 3 rings (SSSR count). The lowest BCUT2D eigenvalue weighted by atomic mass is 9.74. The Bertz CT molecular complexity index is 233. The summed E-state index contributed by atoms with van der Waals surface area (Å²) in [5.41, 5.74) is 6.44. The summed E-state index contributed by atoms with van der Waals surface area (Å²) in [6.07, 6.45) is 12.7. The fraction of sp³-hybridized carbons (Fsp3) is 1.00. The summed E-state index contributed by atoms with van der Waals surface area (Å²) >= 11 is 0. The van der Waals surface area contributed by atoms with Crippen LogP contribution in [0.5, 0.6) is 0 Å². The van der Waals surface area contributed by atoms with Crippen LogP contribution >= 0.6 is 0 Å². The van der Waals surface area contributed by atoms with Gasteiger partial charge in [-0.3, -0.25) is 0 Å². The van der Waals surface area contributed by atoms with E-state index in [0.717, 1.165) is 23.9 Å². The number of piperidine rings is 1. The van der Waals surface area contributed by atoms with Gasteiger partial charge in [0.15, 0.2) is 0 Å². The number of fused-ring (bicyclic) bond motifs is 2. The van der Waals surface area contributed by atoms with Crippen LogP contribution in [0.25, 0.3) is 0 Å². The summed E-state index contributed by atoms with van der Waals surface area (Å²) in [5.74, 6) is 1.71. The molecule has 2 heterocycles. The Labute approximate surface area is 99.4 Å². The summed E-state index contributed by atoms with van der Waals surface area (Å²) in [6, 6.07) is 2.00. The fourth-order valence-corrected chi connectivity index (χ4v) is 4.50. The lowest BCUT2D eigenvalue weighted by Crippen LogP contribution is -2.54. The molecule has 2 heteroatoms. The highest BCUT2D eigenvalue weighted by Gasteiger charge is 2.43. The summed E-state index contributed by atoms with van der Waals surface area (Å²) in [6.45, 7) is 0. The van der Waals surface area contributed by atoms with E-state index < -0.39 is 0 Å². The molecule has 2 bridgehead atoms. The molecule has 0 aromatic heterocycles. The maximum atomic E-state index is 6.44. The molecule has 3 N–H and O–H groups in total. The zero-order chi connectivity index (χ0) is 11.0. The van der Waals surface area contributed by atoms with Gasteiger partial charge in [-0.05, 0) is 31.1 Å². The standard InChI is InChI=1S/C14H26N2/c15-12-9-11-7-8-13(16-11)14(12)10-5-3-1-2-4-6-10/h10-14,16H,1-9,15H2. The average molecular weight is 222 g/mol. The van der Waals surface area contributed by atoms with Crippen molar-refractivity contribution < 1.29 is 0 Å². The third kappa shape index (κ3) is 2.02. The van der Waals surface area contributed by atoms with Crippen molar-refractivity contribution in [2.75, 3.05) is 0 Å². The van der Waals surface area contributed by atoms with Crippen molar-refractivity contribution >= 4 is 0 Å². The first-order valence-corrected chi connectivity index (χ1v) is 7.36. The first-order chi connectivity index (χ1) is 7.84. The molecule has 0 aromatic carbocycles. The molecule has 4 unspecified atom stereocenters. The molecule has 1 aliphatic carbocycles. The van der Waals surface area contributed by atoms with Gasteiger partial charge in [0.25, 0.3) is 0 Å². The molecular formula is C14H26N2. The average Bonchev–Trinajstić information content (AvgIpc) is 2.51.